The highest BCUT2D eigenvalue weighted by atomic mass is 79.9. The third-order valence-electron chi connectivity index (χ3n) is 3.35. The second-order valence-corrected chi connectivity index (χ2v) is 6.96. The molecule has 0 fully saturated rings. The van der Waals surface area contributed by atoms with Crippen LogP contribution in [0.1, 0.15) is 5.56 Å². The standard InChI is InChI=1S/C18H16BrN3OS/c19-15-8-6-14(7-9-15)16-12-24-18(21-16)22-17(23)11-20-10-13-4-2-1-3-5-13/h1-9,12,20H,10-11H2,(H,21,22,23). The lowest BCUT2D eigenvalue weighted by molar-refractivity contribution is -0.115. The molecule has 0 aliphatic rings. The third kappa shape index (κ3) is 4.74. The van der Waals surface area contributed by atoms with Gasteiger partial charge in [0.25, 0.3) is 0 Å². The molecule has 24 heavy (non-hydrogen) atoms. The number of rotatable bonds is 6. The molecule has 4 nitrogen and oxygen atoms in total. The number of aromatic nitrogens is 1. The van der Waals surface area contributed by atoms with Gasteiger partial charge in [-0.3, -0.25) is 4.79 Å². The van der Waals surface area contributed by atoms with Crippen molar-refractivity contribution in [1.29, 1.82) is 0 Å². The number of halogens is 1. The SMILES string of the molecule is O=C(CNCc1ccccc1)Nc1nc(-c2ccc(Br)cc2)cs1. The molecule has 0 unspecified atom stereocenters. The van der Waals surface area contributed by atoms with Gasteiger partial charge in [0, 0.05) is 22.0 Å². The third-order valence-corrected chi connectivity index (χ3v) is 4.63. The average Bonchev–Trinajstić information content (AvgIpc) is 3.05. The highest BCUT2D eigenvalue weighted by Gasteiger charge is 2.08. The van der Waals surface area contributed by atoms with Gasteiger partial charge in [0.2, 0.25) is 5.91 Å². The number of nitrogens with one attached hydrogen (secondary N) is 2. The lowest BCUT2D eigenvalue weighted by atomic mass is 10.2. The molecule has 122 valence electrons. The van der Waals surface area contributed by atoms with Crippen LogP contribution >= 0.6 is 27.3 Å². The van der Waals surface area contributed by atoms with Crippen LogP contribution < -0.4 is 10.6 Å². The van der Waals surface area contributed by atoms with Crippen LogP contribution in [0.15, 0.2) is 64.5 Å². The summed E-state index contributed by atoms with van der Waals surface area (Å²) in [6.45, 7) is 0.915. The van der Waals surface area contributed by atoms with Crippen LogP contribution in [0.25, 0.3) is 11.3 Å². The summed E-state index contributed by atoms with van der Waals surface area (Å²) in [5.74, 6) is -0.0948. The summed E-state index contributed by atoms with van der Waals surface area (Å²) in [5.41, 5.74) is 3.04. The fourth-order valence-electron chi connectivity index (χ4n) is 2.16. The highest BCUT2D eigenvalue weighted by molar-refractivity contribution is 9.10. The molecule has 1 amide bonds. The fraction of sp³-hybridized carbons (Fsp3) is 0.111. The monoisotopic (exact) mass is 401 g/mol. The van der Waals surface area contributed by atoms with Crippen molar-refractivity contribution < 1.29 is 4.79 Å². The zero-order valence-electron chi connectivity index (χ0n) is 12.8. The first-order valence-electron chi connectivity index (χ1n) is 7.47. The van der Waals surface area contributed by atoms with E-state index in [-0.39, 0.29) is 12.5 Å². The first-order valence-corrected chi connectivity index (χ1v) is 9.14. The van der Waals surface area contributed by atoms with Crippen molar-refractivity contribution in [1.82, 2.24) is 10.3 Å². The van der Waals surface area contributed by atoms with E-state index >= 15 is 0 Å². The van der Waals surface area contributed by atoms with E-state index in [0.717, 1.165) is 21.3 Å². The Balaban J connectivity index is 1.51. The zero-order valence-corrected chi connectivity index (χ0v) is 15.2. The Morgan fingerprint density at radius 2 is 1.83 bits per heavy atom. The smallest absolute Gasteiger partial charge is 0.240 e. The quantitative estimate of drug-likeness (QED) is 0.647. The lowest BCUT2D eigenvalue weighted by Gasteiger charge is -2.04. The van der Waals surface area contributed by atoms with Crippen molar-refractivity contribution in [2.75, 3.05) is 11.9 Å². The summed E-state index contributed by atoms with van der Waals surface area (Å²) >= 11 is 4.84. The van der Waals surface area contributed by atoms with Crippen LogP contribution in [0.5, 0.6) is 0 Å². The molecule has 1 heterocycles. The van der Waals surface area contributed by atoms with Crippen LogP contribution in [0.3, 0.4) is 0 Å². The molecule has 2 N–H and O–H groups in total. The summed E-state index contributed by atoms with van der Waals surface area (Å²) in [6.07, 6.45) is 0. The molecule has 2 aromatic carbocycles. The maximum Gasteiger partial charge on any atom is 0.240 e. The Hall–Kier alpha value is -2.02. The first kappa shape index (κ1) is 16.8. The van der Waals surface area contributed by atoms with Crippen molar-refractivity contribution >= 4 is 38.3 Å². The number of carbonyl (C=O) groups excluding carboxylic acids is 1. The number of benzene rings is 2. The molecule has 3 aromatic rings. The second-order valence-electron chi connectivity index (χ2n) is 5.18. The molecule has 0 radical (unpaired) electrons. The molecule has 0 aliphatic carbocycles. The highest BCUT2D eigenvalue weighted by Crippen LogP contribution is 2.25. The van der Waals surface area contributed by atoms with Gasteiger partial charge in [0.05, 0.1) is 12.2 Å². The van der Waals surface area contributed by atoms with E-state index in [4.69, 9.17) is 0 Å². The lowest BCUT2D eigenvalue weighted by Crippen LogP contribution is -2.27. The average molecular weight is 402 g/mol. The van der Waals surface area contributed by atoms with Crippen molar-refractivity contribution in [2.24, 2.45) is 0 Å². The summed E-state index contributed by atoms with van der Waals surface area (Å²) < 4.78 is 1.03. The van der Waals surface area contributed by atoms with E-state index in [0.29, 0.717) is 11.7 Å². The van der Waals surface area contributed by atoms with E-state index in [9.17, 15) is 4.79 Å². The van der Waals surface area contributed by atoms with Gasteiger partial charge in [0.1, 0.15) is 0 Å². The van der Waals surface area contributed by atoms with Crippen molar-refractivity contribution in [3.8, 4) is 11.3 Å². The molecule has 0 saturated heterocycles. The first-order chi connectivity index (χ1) is 11.7. The minimum atomic E-state index is -0.0948. The topological polar surface area (TPSA) is 54.0 Å². The van der Waals surface area contributed by atoms with Gasteiger partial charge in [-0.05, 0) is 17.7 Å². The normalized spacial score (nSPS) is 10.5. The molecule has 3 rings (SSSR count). The Labute approximate surface area is 153 Å². The Morgan fingerprint density at radius 1 is 1.08 bits per heavy atom. The summed E-state index contributed by atoms with van der Waals surface area (Å²) in [7, 11) is 0. The van der Waals surface area contributed by atoms with Gasteiger partial charge in [-0.25, -0.2) is 4.98 Å². The van der Waals surface area contributed by atoms with E-state index in [1.54, 1.807) is 0 Å². The fourth-order valence-corrected chi connectivity index (χ4v) is 3.16. The summed E-state index contributed by atoms with van der Waals surface area (Å²) in [4.78, 5) is 16.4. The molecule has 0 aliphatic heterocycles. The van der Waals surface area contributed by atoms with Crippen LogP contribution in [-0.4, -0.2) is 17.4 Å². The number of carbonyl (C=O) groups is 1. The number of amides is 1. The van der Waals surface area contributed by atoms with Gasteiger partial charge >= 0.3 is 0 Å². The van der Waals surface area contributed by atoms with Crippen molar-refractivity contribution in [2.45, 2.75) is 6.54 Å². The largest absolute Gasteiger partial charge is 0.304 e. The molecule has 1 aromatic heterocycles. The molecule has 0 atom stereocenters. The Bertz CT molecular complexity index is 803. The molecule has 0 saturated carbocycles. The van der Waals surface area contributed by atoms with E-state index in [1.165, 1.54) is 11.3 Å². The van der Waals surface area contributed by atoms with Gasteiger partial charge in [-0.15, -0.1) is 11.3 Å². The molecule has 0 spiro atoms. The minimum Gasteiger partial charge on any atom is -0.304 e. The van der Waals surface area contributed by atoms with Gasteiger partial charge in [-0.1, -0.05) is 58.4 Å². The summed E-state index contributed by atoms with van der Waals surface area (Å²) in [6, 6.07) is 17.9. The number of thiazole rings is 1. The van der Waals surface area contributed by atoms with Gasteiger partial charge in [0.15, 0.2) is 5.13 Å². The number of nitrogens with zero attached hydrogens (tertiary/aromatic N) is 1. The predicted molar refractivity (Wildman–Crippen MR) is 102 cm³/mol. The number of hydrogen-bond acceptors (Lipinski definition) is 4. The predicted octanol–water partition coefficient (Wildman–Crippen LogP) is 4.30. The molecular weight excluding hydrogens is 386 g/mol. The zero-order chi connectivity index (χ0) is 16.8. The minimum absolute atomic E-state index is 0.0948. The van der Waals surface area contributed by atoms with Crippen LogP contribution in [0.2, 0.25) is 0 Å². The molecule has 0 bridgehead atoms. The van der Waals surface area contributed by atoms with Crippen LogP contribution in [-0.2, 0) is 11.3 Å². The molecular formula is C18H16BrN3OS. The molecule has 6 heteroatoms. The van der Waals surface area contributed by atoms with Gasteiger partial charge < -0.3 is 10.6 Å². The van der Waals surface area contributed by atoms with E-state index in [2.05, 4.69) is 31.5 Å². The van der Waals surface area contributed by atoms with Crippen molar-refractivity contribution in [3.05, 3.63) is 70.0 Å². The van der Waals surface area contributed by atoms with Crippen LogP contribution in [0, 0.1) is 0 Å². The summed E-state index contributed by atoms with van der Waals surface area (Å²) in [5, 5.41) is 8.50. The van der Waals surface area contributed by atoms with E-state index < -0.39 is 0 Å². The maximum atomic E-state index is 12.0. The number of anilines is 1. The number of hydrogen-bond donors (Lipinski definition) is 2. The van der Waals surface area contributed by atoms with Crippen molar-refractivity contribution in [3.63, 3.8) is 0 Å². The van der Waals surface area contributed by atoms with Gasteiger partial charge in [-0.2, -0.15) is 0 Å². The van der Waals surface area contributed by atoms with Crippen LogP contribution in [0.4, 0.5) is 5.13 Å². The van der Waals surface area contributed by atoms with E-state index in [1.807, 2.05) is 60.0 Å². The second kappa shape index (κ2) is 8.19. The Kier molecular flexibility index (Phi) is 5.74. The maximum absolute atomic E-state index is 12.0. The Morgan fingerprint density at radius 3 is 2.58 bits per heavy atom.